The summed E-state index contributed by atoms with van der Waals surface area (Å²) < 4.78 is 96.3. The smallest absolute Gasteiger partial charge is 0.407 e. The minimum absolute atomic E-state index is 0.00820. The van der Waals surface area contributed by atoms with Crippen molar-refractivity contribution in [3.05, 3.63) is 95.6 Å². The lowest BCUT2D eigenvalue weighted by Gasteiger charge is -2.44. The van der Waals surface area contributed by atoms with Crippen LogP contribution in [0.1, 0.15) is 124 Å². The summed E-state index contributed by atoms with van der Waals surface area (Å²) in [5, 5.41) is 17.5. The first kappa shape index (κ1) is 88.5. The fourth-order valence-electron chi connectivity index (χ4n) is 11.9. The molecule has 2 aliphatic heterocycles. The van der Waals surface area contributed by atoms with Crippen LogP contribution >= 0.6 is 8.53 Å². The summed E-state index contributed by atoms with van der Waals surface area (Å²) in [7, 11) is 1.02. The third kappa shape index (κ3) is 28.5. The zero-order chi connectivity index (χ0) is 78.9. The highest BCUT2D eigenvalue weighted by Crippen LogP contribution is 2.49. The van der Waals surface area contributed by atoms with Crippen LogP contribution in [-0.4, -0.2) is 217 Å². The molecule has 0 aromatic heterocycles. The number of hydrogen-bond acceptors (Lipinski definition) is 29. The number of methoxy groups -OCH3 is 2. The topological polar surface area (TPSA) is 451 Å². The average molecular weight is 1530 g/mol. The molecule has 7 N–H and O–H groups in total. The van der Waals surface area contributed by atoms with Crippen LogP contribution in [0.15, 0.2) is 78.9 Å². The van der Waals surface area contributed by atoms with Gasteiger partial charge in [-0.1, -0.05) is 54.6 Å². The number of rotatable bonds is 44. The molecule has 35 heteroatoms. The first-order chi connectivity index (χ1) is 50.9. The molecule has 1 unspecified atom stereocenters. The van der Waals surface area contributed by atoms with Crippen molar-refractivity contribution in [2.75, 3.05) is 73.6 Å². The molecule has 0 saturated carbocycles. The molecule has 0 bridgehead atoms. The van der Waals surface area contributed by atoms with Gasteiger partial charge in [-0.25, -0.2) is 9.46 Å². The van der Waals surface area contributed by atoms with E-state index in [1.165, 1.54) is 0 Å². The van der Waals surface area contributed by atoms with E-state index in [9.17, 15) is 58.0 Å². The summed E-state index contributed by atoms with van der Waals surface area (Å²) in [6, 6.07) is 23.9. The molecule has 0 aliphatic carbocycles. The van der Waals surface area contributed by atoms with Gasteiger partial charge < -0.3 is 103 Å². The molecule has 3 aromatic rings. The Hall–Kier alpha value is -9.17. The van der Waals surface area contributed by atoms with E-state index >= 15 is 0 Å². The Morgan fingerprint density at radius 1 is 0.570 bits per heavy atom. The van der Waals surface area contributed by atoms with Crippen LogP contribution in [0.2, 0.25) is 0 Å². The molecule has 34 nitrogen and oxygen atoms in total. The first-order valence-electron chi connectivity index (χ1n) is 34.7. The number of nitrogens with zero attached hydrogens (tertiary/aromatic N) is 2. The zero-order valence-electron chi connectivity index (χ0n) is 62.2. The lowest BCUT2D eigenvalue weighted by atomic mass is 9.80. The Kier molecular flexibility index (Phi) is 37.1. The molecule has 107 heavy (non-hydrogen) atoms. The van der Waals surface area contributed by atoms with Crippen molar-refractivity contribution in [3.63, 3.8) is 0 Å². The van der Waals surface area contributed by atoms with Crippen LogP contribution in [0, 0.1) is 23.2 Å². The number of ether oxygens (including phenoxy) is 14. The van der Waals surface area contributed by atoms with Crippen molar-refractivity contribution in [3.8, 4) is 17.6 Å². The molecule has 2 heterocycles. The summed E-state index contributed by atoms with van der Waals surface area (Å²) in [5.41, 5.74) is 11.8. The molecule has 5 amide bonds. The standard InChI is InChI=1S/C72H100N7O27P/c1-42(2)79(43(3)4)107(99-34-16-29-73)106-55(39-98-72(50-19-14-13-15-20-50,51-21-25-53(91-11)26-22-51)52-23-27-54(92-12)28-24-52)38-97-71(90)78-58(68(89)77-31-18-33-94-70-57(36-62(75)87)65(101-47(8)83)67(103-49(10)85)60(105-70)41-96-45(6)81)37-63(88)76-30-17-32-93-69-56(35-61(74)86)64(100-46(7)82)66(102-48(9)84)59(104-69)40-95-44(5)80/h13-15,19-28,42-43,55-60,64-67,69-70H,16-18,30-41H2,1-12H3,(H2,74,86)(H2,75,87)(H,76,88)(H,77,89)(H,78,90)/t55-,56+,57+,58-,59+,60+,64+,65+,66-,67-,69+,70+,107?/m0/s1. The highest BCUT2D eigenvalue weighted by molar-refractivity contribution is 7.44. The van der Waals surface area contributed by atoms with Crippen LogP contribution in [0.25, 0.3) is 0 Å². The van der Waals surface area contributed by atoms with Gasteiger partial charge in [0.2, 0.25) is 23.6 Å². The van der Waals surface area contributed by atoms with E-state index < -0.39 is 192 Å². The molecule has 590 valence electrons. The van der Waals surface area contributed by atoms with Crippen LogP contribution in [-0.2, 0) is 119 Å². The van der Waals surface area contributed by atoms with Gasteiger partial charge in [0, 0.05) is 79.6 Å². The van der Waals surface area contributed by atoms with Crippen LogP contribution in [0.3, 0.4) is 0 Å². The van der Waals surface area contributed by atoms with Crippen molar-refractivity contribution < 1.29 is 128 Å². The minimum Gasteiger partial charge on any atom is -0.497 e. The number of primary amides is 2. The number of esters is 6. The van der Waals surface area contributed by atoms with E-state index in [-0.39, 0.29) is 70.9 Å². The maximum absolute atomic E-state index is 14.5. The van der Waals surface area contributed by atoms with Crippen molar-refractivity contribution in [2.45, 2.75) is 187 Å². The van der Waals surface area contributed by atoms with Gasteiger partial charge in [0.15, 0.2) is 24.8 Å². The number of nitriles is 1. The largest absolute Gasteiger partial charge is 0.497 e. The quantitative estimate of drug-likeness (QED) is 0.0171. The van der Waals surface area contributed by atoms with Crippen molar-refractivity contribution in [1.82, 2.24) is 20.6 Å². The Balaban J connectivity index is 1.46. The van der Waals surface area contributed by atoms with Gasteiger partial charge in [0.05, 0.1) is 71.4 Å². The summed E-state index contributed by atoms with van der Waals surface area (Å²) in [4.78, 5) is 141. The predicted molar refractivity (Wildman–Crippen MR) is 376 cm³/mol. The van der Waals surface area contributed by atoms with E-state index in [1.54, 1.807) is 38.5 Å². The third-order valence-corrected chi connectivity index (χ3v) is 18.5. The van der Waals surface area contributed by atoms with Crippen molar-refractivity contribution >= 4 is 74.1 Å². The second-order valence-electron chi connectivity index (χ2n) is 25.3. The van der Waals surface area contributed by atoms with E-state index in [0.29, 0.717) is 28.2 Å². The SMILES string of the molecule is COc1ccc(C(OC[C@H](COC(=O)N[C@@H](CC(=O)NCCCO[C@@H]2O[C@H](COC(C)=O)[C@H](OC(C)=O)[C@H](OC(C)=O)[C@H]2CC(N)=O)C(=O)NCCCO[C@@H]2O[C@H](COC(C)=O)[C@H](OC(C)=O)[C@H](OC(C)=O)[C@H]2CC(N)=O)OP(OCCC#N)N(C(C)C)C(C)C)(c2ccccc2)c2ccc(OC)cc2)cc1. The second-order valence-corrected chi connectivity index (χ2v) is 26.7. The molecule has 3 aromatic carbocycles. The molecule has 2 aliphatic rings. The van der Waals surface area contributed by atoms with Crippen molar-refractivity contribution in [2.24, 2.45) is 23.3 Å². The van der Waals surface area contributed by atoms with Crippen LogP contribution < -0.4 is 36.9 Å². The van der Waals surface area contributed by atoms with Gasteiger partial charge in [0.25, 0.3) is 8.53 Å². The maximum atomic E-state index is 14.5. The first-order valence-corrected chi connectivity index (χ1v) is 35.8. The normalized spacial score (nSPS) is 20.7. The fraction of sp³-hybridized carbons (Fsp3) is 0.583. The van der Waals surface area contributed by atoms with Crippen LogP contribution in [0.5, 0.6) is 11.5 Å². The number of carbonyl (C=O) groups excluding carboxylic acids is 11. The van der Waals surface area contributed by atoms with Crippen LogP contribution in [0.4, 0.5) is 4.79 Å². The predicted octanol–water partition coefficient (Wildman–Crippen LogP) is 4.49. The minimum atomic E-state index is -2.06. The van der Waals surface area contributed by atoms with E-state index in [4.69, 9.17) is 86.8 Å². The van der Waals surface area contributed by atoms with Gasteiger partial charge in [-0.15, -0.1) is 0 Å². The van der Waals surface area contributed by atoms with Crippen molar-refractivity contribution in [1.29, 1.82) is 5.26 Å². The Labute approximate surface area is 622 Å². The van der Waals surface area contributed by atoms with Gasteiger partial charge in [-0.3, -0.25) is 47.9 Å². The van der Waals surface area contributed by atoms with E-state index in [1.807, 2.05) is 87.0 Å². The van der Waals surface area contributed by atoms with E-state index in [0.717, 1.165) is 41.5 Å². The molecule has 0 radical (unpaired) electrons. The zero-order valence-corrected chi connectivity index (χ0v) is 63.1. The highest BCUT2D eigenvalue weighted by atomic mass is 31.2. The number of nitrogens with one attached hydrogen (secondary N) is 3. The average Bonchev–Trinajstić information content (AvgIpc) is 0.757. The Morgan fingerprint density at radius 3 is 1.42 bits per heavy atom. The number of amides is 5. The number of nitrogens with two attached hydrogens (primary N) is 2. The van der Waals surface area contributed by atoms with E-state index in [2.05, 4.69) is 22.0 Å². The number of carbonyl (C=O) groups is 11. The van der Waals surface area contributed by atoms with Gasteiger partial charge in [-0.05, 0) is 81.5 Å². The molecule has 13 atom stereocenters. The summed E-state index contributed by atoms with van der Waals surface area (Å²) >= 11 is 0. The number of alkyl carbamates (subject to hydrolysis) is 1. The number of hydrogen-bond donors (Lipinski definition) is 5. The lowest BCUT2D eigenvalue weighted by Crippen LogP contribution is -2.60. The molecule has 2 fully saturated rings. The third-order valence-electron chi connectivity index (χ3n) is 16.3. The van der Waals surface area contributed by atoms with Gasteiger partial charge in [0.1, 0.15) is 73.5 Å². The fourth-order valence-corrected chi connectivity index (χ4v) is 13.6. The summed E-state index contributed by atoms with van der Waals surface area (Å²) in [5.74, 6) is -9.39. The molecule has 0 spiro atoms. The Morgan fingerprint density at radius 2 is 1.01 bits per heavy atom. The monoisotopic (exact) mass is 1530 g/mol. The highest BCUT2D eigenvalue weighted by Gasteiger charge is 2.53. The summed E-state index contributed by atoms with van der Waals surface area (Å²) in [6.45, 7) is 11.6. The Bertz CT molecular complexity index is 3380. The molecule has 5 rings (SSSR count). The maximum Gasteiger partial charge on any atom is 0.407 e. The molecular formula is C72H100N7O27P. The van der Waals surface area contributed by atoms with Gasteiger partial charge >= 0.3 is 41.9 Å². The lowest BCUT2D eigenvalue weighted by molar-refractivity contribution is -0.291. The molecule has 2 saturated heterocycles. The second kappa shape index (κ2) is 44.8. The van der Waals surface area contributed by atoms with Gasteiger partial charge in [-0.2, -0.15) is 5.26 Å². The summed E-state index contributed by atoms with van der Waals surface area (Å²) in [6.07, 6.45) is -15.0. The number of benzene rings is 3. The molecular weight excluding hydrogens is 1430 g/mol.